The van der Waals surface area contributed by atoms with E-state index in [4.69, 9.17) is 9.84 Å². The van der Waals surface area contributed by atoms with E-state index < -0.39 is 11.6 Å². The van der Waals surface area contributed by atoms with Crippen LogP contribution >= 0.6 is 0 Å². The summed E-state index contributed by atoms with van der Waals surface area (Å²) in [6, 6.07) is 9.60. The molecule has 0 heterocycles. The molecule has 3 nitrogen and oxygen atoms in total. The normalized spacial score (nSPS) is 14.4. The first kappa shape index (κ1) is 12.7. The number of carboxylic acids is 1. The van der Waals surface area contributed by atoms with E-state index in [1.54, 1.807) is 6.92 Å². The lowest BCUT2D eigenvalue weighted by atomic mass is 10.0. The Labute approximate surface area is 96.1 Å². The fourth-order valence-electron chi connectivity index (χ4n) is 1.53. The van der Waals surface area contributed by atoms with Crippen LogP contribution in [0.15, 0.2) is 30.3 Å². The van der Waals surface area contributed by atoms with Crippen LogP contribution in [0.5, 0.6) is 0 Å². The molecule has 1 N–H and O–H groups in total. The van der Waals surface area contributed by atoms with Crippen molar-refractivity contribution in [2.75, 3.05) is 0 Å². The Hall–Kier alpha value is -1.35. The van der Waals surface area contributed by atoms with E-state index in [2.05, 4.69) is 0 Å². The molecular formula is C13H18O3. The third-order valence-electron chi connectivity index (χ3n) is 2.58. The number of ether oxygens (including phenoxy) is 1. The summed E-state index contributed by atoms with van der Waals surface area (Å²) in [5.41, 5.74) is -0.0870. The summed E-state index contributed by atoms with van der Waals surface area (Å²) in [5, 5.41) is 9.12. The van der Waals surface area contributed by atoms with E-state index >= 15 is 0 Å². The molecule has 0 aromatic heterocycles. The average molecular weight is 222 g/mol. The van der Waals surface area contributed by atoms with Gasteiger partial charge in [-0.3, -0.25) is 0 Å². The summed E-state index contributed by atoms with van der Waals surface area (Å²) >= 11 is 0. The zero-order valence-electron chi connectivity index (χ0n) is 9.77. The molecule has 0 aliphatic heterocycles. The van der Waals surface area contributed by atoms with Crippen molar-refractivity contribution >= 4 is 5.97 Å². The fraction of sp³-hybridized carbons (Fsp3) is 0.462. The van der Waals surface area contributed by atoms with Crippen molar-refractivity contribution in [3.63, 3.8) is 0 Å². The predicted octanol–water partition coefficient (Wildman–Crippen LogP) is 2.85. The molecule has 0 saturated carbocycles. The highest BCUT2D eigenvalue weighted by Crippen LogP contribution is 2.20. The van der Waals surface area contributed by atoms with Crippen molar-refractivity contribution in [1.29, 1.82) is 0 Å². The molecule has 0 amide bonds. The van der Waals surface area contributed by atoms with Gasteiger partial charge in [0.15, 0.2) is 5.60 Å². The Morgan fingerprint density at radius 1 is 1.38 bits per heavy atom. The highest BCUT2D eigenvalue weighted by Gasteiger charge is 2.32. The van der Waals surface area contributed by atoms with Crippen molar-refractivity contribution in [3.8, 4) is 0 Å². The van der Waals surface area contributed by atoms with Crippen LogP contribution < -0.4 is 0 Å². The van der Waals surface area contributed by atoms with Crippen LogP contribution in [0, 0.1) is 0 Å². The number of hydrogen-bond acceptors (Lipinski definition) is 2. The first-order valence-electron chi connectivity index (χ1n) is 5.50. The van der Waals surface area contributed by atoms with E-state index in [9.17, 15) is 4.79 Å². The van der Waals surface area contributed by atoms with Crippen LogP contribution in [0.25, 0.3) is 0 Å². The lowest BCUT2D eigenvalue weighted by molar-refractivity contribution is -0.166. The van der Waals surface area contributed by atoms with Crippen molar-refractivity contribution in [2.24, 2.45) is 0 Å². The van der Waals surface area contributed by atoms with Gasteiger partial charge < -0.3 is 9.84 Å². The molecule has 3 heteroatoms. The second-order valence-electron chi connectivity index (χ2n) is 4.06. The zero-order chi connectivity index (χ0) is 12.0. The number of carbonyl (C=O) groups is 1. The highest BCUT2D eigenvalue weighted by molar-refractivity contribution is 5.76. The second kappa shape index (κ2) is 5.66. The van der Waals surface area contributed by atoms with Crippen LogP contribution in [-0.2, 0) is 16.1 Å². The van der Waals surface area contributed by atoms with E-state index in [1.807, 2.05) is 37.3 Å². The number of benzene rings is 1. The molecule has 0 bridgehead atoms. The molecule has 1 aromatic rings. The molecule has 0 unspecified atom stereocenters. The number of rotatable bonds is 6. The maximum atomic E-state index is 11.1. The lowest BCUT2D eigenvalue weighted by Gasteiger charge is -2.24. The third-order valence-corrected chi connectivity index (χ3v) is 2.58. The molecule has 0 fully saturated rings. The van der Waals surface area contributed by atoms with E-state index in [1.165, 1.54) is 0 Å². The Morgan fingerprint density at radius 3 is 2.50 bits per heavy atom. The summed E-state index contributed by atoms with van der Waals surface area (Å²) in [4.78, 5) is 11.1. The lowest BCUT2D eigenvalue weighted by Crippen LogP contribution is -2.38. The topological polar surface area (TPSA) is 46.5 Å². The quantitative estimate of drug-likeness (QED) is 0.805. The average Bonchev–Trinajstić information content (AvgIpc) is 2.28. The van der Waals surface area contributed by atoms with E-state index in [0.29, 0.717) is 13.0 Å². The van der Waals surface area contributed by atoms with Crippen molar-refractivity contribution in [3.05, 3.63) is 35.9 Å². The monoisotopic (exact) mass is 222 g/mol. The van der Waals surface area contributed by atoms with Gasteiger partial charge >= 0.3 is 5.97 Å². The number of aliphatic carboxylic acids is 1. The summed E-state index contributed by atoms with van der Waals surface area (Å²) in [7, 11) is 0. The zero-order valence-corrected chi connectivity index (χ0v) is 9.77. The Balaban J connectivity index is 2.60. The Kier molecular flexibility index (Phi) is 4.50. The van der Waals surface area contributed by atoms with Gasteiger partial charge in [0.05, 0.1) is 6.61 Å². The summed E-state index contributed by atoms with van der Waals surface area (Å²) in [6.45, 7) is 3.92. The van der Waals surface area contributed by atoms with Crippen LogP contribution in [0.1, 0.15) is 32.3 Å². The first-order chi connectivity index (χ1) is 7.58. The van der Waals surface area contributed by atoms with Gasteiger partial charge in [0, 0.05) is 0 Å². The van der Waals surface area contributed by atoms with Gasteiger partial charge in [-0.05, 0) is 18.9 Å². The minimum Gasteiger partial charge on any atom is -0.479 e. The Bertz CT molecular complexity index is 334. The van der Waals surface area contributed by atoms with Crippen molar-refractivity contribution in [2.45, 2.75) is 38.9 Å². The molecule has 0 radical (unpaired) electrons. The predicted molar refractivity (Wildman–Crippen MR) is 62.2 cm³/mol. The maximum absolute atomic E-state index is 11.1. The number of hydrogen-bond donors (Lipinski definition) is 1. The van der Waals surface area contributed by atoms with Crippen LogP contribution in [0.3, 0.4) is 0 Å². The third kappa shape index (κ3) is 3.35. The molecular weight excluding hydrogens is 204 g/mol. The molecule has 1 atom stereocenters. The van der Waals surface area contributed by atoms with Gasteiger partial charge in [0.1, 0.15) is 0 Å². The summed E-state index contributed by atoms with van der Waals surface area (Å²) in [6.07, 6.45) is 1.31. The van der Waals surface area contributed by atoms with Crippen LogP contribution in [-0.4, -0.2) is 16.7 Å². The minimum absolute atomic E-state index is 0.337. The highest BCUT2D eigenvalue weighted by atomic mass is 16.5. The van der Waals surface area contributed by atoms with Gasteiger partial charge in [0.25, 0.3) is 0 Å². The molecule has 1 rings (SSSR count). The molecule has 0 spiro atoms. The van der Waals surface area contributed by atoms with Gasteiger partial charge in [-0.25, -0.2) is 4.79 Å². The number of carboxylic acid groups (broad SMARTS) is 1. The molecule has 0 aliphatic carbocycles. The first-order valence-corrected chi connectivity index (χ1v) is 5.50. The standard InChI is InChI=1S/C13H18O3/c1-3-9-13(2,12(14)15)16-10-11-7-5-4-6-8-11/h4-8H,3,9-10H2,1-2H3,(H,14,15)/t13-/m0/s1. The van der Waals surface area contributed by atoms with Crippen LogP contribution in [0.2, 0.25) is 0 Å². The smallest absolute Gasteiger partial charge is 0.335 e. The van der Waals surface area contributed by atoms with E-state index in [-0.39, 0.29) is 0 Å². The largest absolute Gasteiger partial charge is 0.479 e. The van der Waals surface area contributed by atoms with Gasteiger partial charge in [-0.2, -0.15) is 0 Å². The molecule has 0 saturated heterocycles. The Morgan fingerprint density at radius 2 is 2.00 bits per heavy atom. The van der Waals surface area contributed by atoms with Crippen molar-refractivity contribution < 1.29 is 14.6 Å². The van der Waals surface area contributed by atoms with E-state index in [0.717, 1.165) is 12.0 Å². The molecule has 1 aromatic carbocycles. The summed E-state index contributed by atoms with van der Waals surface area (Å²) in [5.74, 6) is -0.898. The summed E-state index contributed by atoms with van der Waals surface area (Å²) < 4.78 is 5.52. The maximum Gasteiger partial charge on any atom is 0.335 e. The van der Waals surface area contributed by atoms with Crippen LogP contribution in [0.4, 0.5) is 0 Å². The SMILES string of the molecule is CCC[C@](C)(OCc1ccccc1)C(=O)O. The van der Waals surface area contributed by atoms with Gasteiger partial charge in [-0.15, -0.1) is 0 Å². The molecule has 88 valence electrons. The van der Waals surface area contributed by atoms with Gasteiger partial charge in [-0.1, -0.05) is 43.7 Å². The second-order valence-corrected chi connectivity index (χ2v) is 4.06. The molecule has 0 aliphatic rings. The minimum atomic E-state index is -1.08. The fourth-order valence-corrected chi connectivity index (χ4v) is 1.53. The van der Waals surface area contributed by atoms with Crippen molar-refractivity contribution in [1.82, 2.24) is 0 Å². The molecule has 16 heavy (non-hydrogen) atoms. The van der Waals surface area contributed by atoms with Gasteiger partial charge in [0.2, 0.25) is 0 Å².